The number of rotatable bonds is 3. The van der Waals surface area contributed by atoms with Crippen LogP contribution in [-0.4, -0.2) is 24.2 Å². The molecule has 19 heavy (non-hydrogen) atoms. The van der Waals surface area contributed by atoms with Crippen molar-refractivity contribution in [3.8, 4) is 0 Å². The summed E-state index contributed by atoms with van der Waals surface area (Å²) in [6.45, 7) is -1.21. The molecule has 3 N–H and O–H groups in total. The highest BCUT2D eigenvalue weighted by Crippen LogP contribution is 2.29. The lowest BCUT2D eigenvalue weighted by Crippen LogP contribution is -2.60. The van der Waals surface area contributed by atoms with E-state index in [-0.39, 0.29) is 12.8 Å². The SMILES string of the molecule is NC(=O)C1(NCC(F)(F)F)CCc2ccccc2C1. The first kappa shape index (κ1) is 13.9. The van der Waals surface area contributed by atoms with Gasteiger partial charge in [0.05, 0.1) is 6.54 Å². The lowest BCUT2D eigenvalue weighted by atomic mass is 9.77. The quantitative estimate of drug-likeness (QED) is 0.877. The summed E-state index contributed by atoms with van der Waals surface area (Å²) in [6.07, 6.45) is -3.33. The minimum absolute atomic E-state index is 0.203. The van der Waals surface area contributed by atoms with Crippen molar-refractivity contribution in [2.24, 2.45) is 5.73 Å². The lowest BCUT2D eigenvalue weighted by Gasteiger charge is -2.36. The number of hydrogen-bond acceptors (Lipinski definition) is 2. The van der Waals surface area contributed by atoms with Crippen LogP contribution in [0.15, 0.2) is 24.3 Å². The van der Waals surface area contributed by atoms with Gasteiger partial charge in [-0.1, -0.05) is 24.3 Å². The standard InChI is InChI=1S/C13H15F3N2O/c14-13(15,16)8-18-12(11(17)19)6-5-9-3-1-2-4-10(9)7-12/h1-4,18H,5-8H2,(H2,17,19). The number of aryl methyl sites for hydroxylation is 1. The van der Waals surface area contributed by atoms with Crippen LogP contribution in [0.4, 0.5) is 13.2 Å². The number of nitrogens with one attached hydrogen (secondary N) is 1. The molecule has 0 heterocycles. The monoisotopic (exact) mass is 272 g/mol. The Hall–Kier alpha value is -1.56. The molecule has 0 bridgehead atoms. The maximum absolute atomic E-state index is 12.3. The molecular weight excluding hydrogens is 257 g/mol. The van der Waals surface area contributed by atoms with E-state index in [9.17, 15) is 18.0 Å². The Balaban J connectivity index is 2.21. The molecule has 0 saturated carbocycles. The average Bonchev–Trinajstić information content (AvgIpc) is 2.35. The van der Waals surface area contributed by atoms with Gasteiger partial charge in [0.15, 0.2) is 0 Å². The molecule has 1 aromatic carbocycles. The van der Waals surface area contributed by atoms with Crippen LogP contribution in [0.25, 0.3) is 0 Å². The smallest absolute Gasteiger partial charge is 0.368 e. The Kier molecular flexibility index (Phi) is 3.54. The van der Waals surface area contributed by atoms with Crippen molar-refractivity contribution < 1.29 is 18.0 Å². The molecule has 0 fully saturated rings. The second-order valence-corrected chi connectivity index (χ2v) is 4.86. The number of halogens is 3. The zero-order valence-electron chi connectivity index (χ0n) is 10.3. The van der Waals surface area contributed by atoms with Gasteiger partial charge < -0.3 is 5.73 Å². The van der Waals surface area contributed by atoms with Crippen LogP contribution in [0.2, 0.25) is 0 Å². The van der Waals surface area contributed by atoms with Crippen LogP contribution in [0.5, 0.6) is 0 Å². The molecule has 6 heteroatoms. The van der Waals surface area contributed by atoms with Crippen molar-refractivity contribution in [3.63, 3.8) is 0 Å². The van der Waals surface area contributed by atoms with Crippen LogP contribution in [0.3, 0.4) is 0 Å². The van der Waals surface area contributed by atoms with Crippen LogP contribution < -0.4 is 11.1 Å². The third-order valence-corrected chi connectivity index (χ3v) is 3.53. The summed E-state index contributed by atoms with van der Waals surface area (Å²) in [5.74, 6) is -0.730. The molecular formula is C13H15F3N2O. The van der Waals surface area contributed by atoms with E-state index in [1.807, 2.05) is 18.2 Å². The molecule has 1 aliphatic carbocycles. The number of primary amides is 1. The maximum Gasteiger partial charge on any atom is 0.401 e. The number of carbonyl (C=O) groups is 1. The first-order valence-corrected chi connectivity index (χ1v) is 6.01. The van der Waals surface area contributed by atoms with E-state index in [1.54, 1.807) is 6.07 Å². The predicted molar refractivity (Wildman–Crippen MR) is 64.5 cm³/mol. The second-order valence-electron chi connectivity index (χ2n) is 4.86. The minimum atomic E-state index is -4.36. The van der Waals surface area contributed by atoms with Gasteiger partial charge in [-0.15, -0.1) is 0 Å². The van der Waals surface area contributed by atoms with Crippen molar-refractivity contribution in [1.82, 2.24) is 5.32 Å². The highest BCUT2D eigenvalue weighted by atomic mass is 19.4. The Morgan fingerprint density at radius 2 is 1.95 bits per heavy atom. The number of carbonyl (C=O) groups excluding carboxylic acids is 1. The van der Waals surface area contributed by atoms with Gasteiger partial charge in [-0.05, 0) is 30.4 Å². The summed E-state index contributed by atoms with van der Waals surface area (Å²) in [5.41, 5.74) is 5.96. The van der Waals surface area contributed by atoms with Gasteiger partial charge in [0.2, 0.25) is 5.91 Å². The number of benzene rings is 1. The first-order valence-electron chi connectivity index (χ1n) is 6.01. The van der Waals surface area contributed by atoms with E-state index in [0.717, 1.165) is 11.1 Å². The van der Waals surface area contributed by atoms with Gasteiger partial charge in [0, 0.05) is 0 Å². The van der Waals surface area contributed by atoms with E-state index in [4.69, 9.17) is 5.73 Å². The van der Waals surface area contributed by atoms with E-state index >= 15 is 0 Å². The summed E-state index contributed by atoms with van der Waals surface area (Å²) in [6, 6.07) is 7.42. The summed E-state index contributed by atoms with van der Waals surface area (Å²) in [7, 11) is 0. The highest BCUT2D eigenvalue weighted by molar-refractivity contribution is 5.85. The molecule has 1 aromatic rings. The van der Waals surface area contributed by atoms with Gasteiger partial charge >= 0.3 is 6.18 Å². The third kappa shape index (κ3) is 3.07. The van der Waals surface area contributed by atoms with Crippen molar-refractivity contribution in [2.45, 2.75) is 31.0 Å². The number of alkyl halides is 3. The van der Waals surface area contributed by atoms with Crippen molar-refractivity contribution in [1.29, 1.82) is 0 Å². The lowest BCUT2D eigenvalue weighted by molar-refractivity contribution is -0.136. The third-order valence-electron chi connectivity index (χ3n) is 3.53. The van der Waals surface area contributed by atoms with Crippen molar-refractivity contribution in [3.05, 3.63) is 35.4 Å². The molecule has 3 nitrogen and oxygen atoms in total. The second kappa shape index (κ2) is 4.85. The summed E-state index contributed by atoms with van der Waals surface area (Å²) >= 11 is 0. The van der Waals surface area contributed by atoms with E-state index in [1.165, 1.54) is 0 Å². The van der Waals surface area contributed by atoms with Gasteiger partial charge in [0.25, 0.3) is 0 Å². The fourth-order valence-electron chi connectivity index (χ4n) is 2.45. The van der Waals surface area contributed by atoms with E-state index in [2.05, 4.69) is 5.32 Å². The molecule has 0 aromatic heterocycles. The van der Waals surface area contributed by atoms with Crippen LogP contribution >= 0.6 is 0 Å². The number of hydrogen-bond donors (Lipinski definition) is 2. The van der Waals surface area contributed by atoms with E-state index < -0.39 is 24.2 Å². The van der Waals surface area contributed by atoms with Gasteiger partial charge in [-0.25, -0.2) is 0 Å². The molecule has 1 unspecified atom stereocenters. The maximum atomic E-state index is 12.3. The Labute approximate surface area is 109 Å². The van der Waals surface area contributed by atoms with E-state index in [0.29, 0.717) is 6.42 Å². The minimum Gasteiger partial charge on any atom is -0.368 e. The predicted octanol–water partition coefficient (Wildman–Crippen LogP) is 1.55. The molecule has 0 radical (unpaired) electrons. The summed E-state index contributed by atoms with van der Waals surface area (Å²) in [5, 5.41) is 2.32. The largest absolute Gasteiger partial charge is 0.401 e. The molecule has 1 amide bonds. The fraction of sp³-hybridized carbons (Fsp3) is 0.462. The fourth-order valence-corrected chi connectivity index (χ4v) is 2.45. The van der Waals surface area contributed by atoms with Crippen LogP contribution in [0.1, 0.15) is 17.5 Å². The Bertz CT molecular complexity index is 487. The molecule has 2 rings (SSSR count). The Morgan fingerprint density at radius 1 is 1.32 bits per heavy atom. The average molecular weight is 272 g/mol. The van der Waals surface area contributed by atoms with Gasteiger partial charge in [-0.3, -0.25) is 10.1 Å². The van der Waals surface area contributed by atoms with Crippen molar-refractivity contribution in [2.75, 3.05) is 6.54 Å². The van der Waals surface area contributed by atoms with Gasteiger partial charge in [-0.2, -0.15) is 13.2 Å². The molecule has 1 aliphatic rings. The first-order chi connectivity index (χ1) is 8.82. The molecule has 0 spiro atoms. The van der Waals surface area contributed by atoms with Crippen LogP contribution in [0, 0.1) is 0 Å². The molecule has 0 aliphatic heterocycles. The zero-order chi connectivity index (χ0) is 14.1. The number of amides is 1. The van der Waals surface area contributed by atoms with Gasteiger partial charge in [0.1, 0.15) is 5.54 Å². The van der Waals surface area contributed by atoms with Crippen molar-refractivity contribution >= 4 is 5.91 Å². The topological polar surface area (TPSA) is 55.1 Å². The van der Waals surface area contributed by atoms with Crippen LogP contribution in [-0.2, 0) is 17.6 Å². The number of fused-ring (bicyclic) bond motifs is 1. The number of nitrogens with two attached hydrogens (primary N) is 1. The molecule has 1 atom stereocenters. The highest BCUT2D eigenvalue weighted by Gasteiger charge is 2.42. The normalized spacial score (nSPS) is 22.9. The summed E-state index contributed by atoms with van der Waals surface area (Å²) < 4.78 is 37.0. The molecule has 104 valence electrons. The summed E-state index contributed by atoms with van der Waals surface area (Å²) in [4.78, 5) is 11.6. The Morgan fingerprint density at radius 3 is 2.53 bits per heavy atom. The molecule has 0 saturated heterocycles. The zero-order valence-corrected chi connectivity index (χ0v) is 10.3.